The lowest BCUT2D eigenvalue weighted by Crippen LogP contribution is -2.44. The van der Waals surface area contributed by atoms with Crippen LogP contribution in [0.3, 0.4) is 0 Å². The second-order valence-corrected chi connectivity index (χ2v) is 7.74. The Hall–Kier alpha value is -3.12. The third kappa shape index (κ3) is 3.09. The Morgan fingerprint density at radius 1 is 1.14 bits per heavy atom. The molecule has 0 spiro atoms. The van der Waals surface area contributed by atoms with Crippen molar-refractivity contribution in [1.82, 2.24) is 14.8 Å². The van der Waals surface area contributed by atoms with Crippen LogP contribution in [-0.2, 0) is 29.1 Å². The third-order valence-corrected chi connectivity index (χ3v) is 6.06. The summed E-state index contributed by atoms with van der Waals surface area (Å²) in [5, 5.41) is 1.18. The van der Waals surface area contributed by atoms with Crippen molar-refractivity contribution in [1.29, 1.82) is 0 Å². The molecule has 2 aliphatic rings. The maximum absolute atomic E-state index is 13.0. The quantitative estimate of drug-likeness (QED) is 0.697. The zero-order valence-electron chi connectivity index (χ0n) is 16.4. The number of aromatic nitrogens is 1. The van der Waals surface area contributed by atoms with Crippen molar-refractivity contribution in [2.24, 2.45) is 0 Å². The summed E-state index contributed by atoms with van der Waals surface area (Å²) < 4.78 is 5.36. The highest BCUT2D eigenvalue weighted by atomic mass is 16.5. The van der Waals surface area contributed by atoms with Crippen LogP contribution < -0.4 is 4.74 Å². The van der Waals surface area contributed by atoms with Crippen LogP contribution in [0.2, 0.25) is 0 Å². The third-order valence-electron chi connectivity index (χ3n) is 6.06. The van der Waals surface area contributed by atoms with Gasteiger partial charge in [0, 0.05) is 29.7 Å². The Labute approximate surface area is 169 Å². The summed E-state index contributed by atoms with van der Waals surface area (Å²) in [6.45, 7) is 1.76. The number of likely N-dealkylation sites (tertiary alicyclic amines) is 1. The molecule has 1 saturated heterocycles. The summed E-state index contributed by atoms with van der Waals surface area (Å²) in [6, 6.07) is 15.3. The summed E-state index contributed by atoms with van der Waals surface area (Å²) >= 11 is 0. The first-order chi connectivity index (χ1) is 14.1. The molecule has 2 aliphatic heterocycles. The molecule has 1 fully saturated rings. The summed E-state index contributed by atoms with van der Waals surface area (Å²) in [5.74, 6) is 0.672. The second kappa shape index (κ2) is 7.04. The van der Waals surface area contributed by atoms with Crippen LogP contribution in [-0.4, -0.2) is 46.3 Å². The van der Waals surface area contributed by atoms with E-state index in [1.54, 1.807) is 7.11 Å². The molecule has 1 atom stereocenters. The van der Waals surface area contributed by atoms with E-state index in [1.807, 2.05) is 42.5 Å². The van der Waals surface area contributed by atoms with E-state index in [2.05, 4.69) is 16.0 Å². The van der Waals surface area contributed by atoms with Crippen LogP contribution in [0.5, 0.6) is 5.75 Å². The predicted octanol–water partition coefficient (Wildman–Crippen LogP) is 2.86. The maximum atomic E-state index is 13.0. The first-order valence-electron chi connectivity index (χ1n) is 9.93. The molecule has 0 bridgehead atoms. The van der Waals surface area contributed by atoms with Crippen LogP contribution in [0.1, 0.15) is 23.2 Å². The number of H-pyrrole nitrogens is 1. The number of carbonyl (C=O) groups excluding carboxylic acids is 2. The number of imide groups is 1. The first kappa shape index (κ1) is 17.9. The highest BCUT2D eigenvalue weighted by molar-refractivity contribution is 6.05. The van der Waals surface area contributed by atoms with Crippen molar-refractivity contribution in [2.45, 2.75) is 32.0 Å². The van der Waals surface area contributed by atoms with E-state index in [4.69, 9.17) is 4.74 Å². The number of amides is 2. The van der Waals surface area contributed by atoms with Gasteiger partial charge in [0.05, 0.1) is 26.1 Å². The van der Waals surface area contributed by atoms with Gasteiger partial charge in [0.25, 0.3) is 0 Å². The molecule has 6 nitrogen and oxygen atoms in total. The molecule has 3 heterocycles. The van der Waals surface area contributed by atoms with Gasteiger partial charge in [0.1, 0.15) is 5.75 Å². The van der Waals surface area contributed by atoms with Crippen molar-refractivity contribution >= 4 is 22.7 Å². The Kier molecular flexibility index (Phi) is 4.36. The molecule has 5 rings (SSSR count). The highest BCUT2D eigenvalue weighted by Crippen LogP contribution is 2.32. The van der Waals surface area contributed by atoms with Crippen LogP contribution in [0, 0.1) is 0 Å². The highest BCUT2D eigenvalue weighted by Gasteiger charge is 2.42. The lowest BCUT2D eigenvalue weighted by atomic mass is 10.0. The SMILES string of the molecule is COc1ccc2[nH]c3c(c2c1)CCN([C@H]1CC(=O)N(Cc2ccccc2)C1=O)C3. The van der Waals surface area contributed by atoms with E-state index < -0.39 is 0 Å². The monoisotopic (exact) mass is 389 g/mol. The number of benzene rings is 2. The molecule has 1 aromatic heterocycles. The number of nitrogens with zero attached hydrogens (tertiary/aromatic N) is 2. The van der Waals surface area contributed by atoms with Gasteiger partial charge in [0.2, 0.25) is 11.8 Å². The summed E-state index contributed by atoms with van der Waals surface area (Å²) in [6.07, 6.45) is 1.11. The fourth-order valence-corrected chi connectivity index (χ4v) is 4.52. The standard InChI is InChI=1S/C23H23N3O3/c1-29-16-7-8-19-18(11-16)17-9-10-25(14-20(17)24-19)21-12-22(27)26(23(21)28)13-15-5-3-2-4-6-15/h2-8,11,21,24H,9-10,12-14H2,1H3/t21-/m0/s1. The number of hydrogen-bond acceptors (Lipinski definition) is 4. The molecule has 0 radical (unpaired) electrons. The summed E-state index contributed by atoms with van der Waals surface area (Å²) in [4.78, 5) is 32.6. The first-order valence-corrected chi connectivity index (χ1v) is 9.93. The zero-order valence-corrected chi connectivity index (χ0v) is 16.4. The van der Waals surface area contributed by atoms with E-state index >= 15 is 0 Å². The summed E-state index contributed by atoms with van der Waals surface area (Å²) in [5.41, 5.74) is 4.46. The smallest absolute Gasteiger partial charge is 0.247 e. The fraction of sp³-hybridized carbons (Fsp3) is 0.304. The molecule has 2 aromatic carbocycles. The Bertz CT molecular complexity index is 1090. The molecular formula is C23H23N3O3. The molecule has 0 unspecified atom stereocenters. The van der Waals surface area contributed by atoms with E-state index in [-0.39, 0.29) is 24.3 Å². The largest absolute Gasteiger partial charge is 0.497 e. The van der Waals surface area contributed by atoms with Gasteiger partial charge in [-0.25, -0.2) is 0 Å². The number of methoxy groups -OCH3 is 1. The van der Waals surface area contributed by atoms with Crippen LogP contribution >= 0.6 is 0 Å². The minimum Gasteiger partial charge on any atom is -0.497 e. The predicted molar refractivity (Wildman–Crippen MR) is 109 cm³/mol. The normalized spacial score (nSPS) is 19.8. The minimum atomic E-state index is -0.375. The molecule has 29 heavy (non-hydrogen) atoms. The van der Waals surface area contributed by atoms with E-state index in [0.717, 1.165) is 35.5 Å². The van der Waals surface area contributed by atoms with Gasteiger partial charge >= 0.3 is 0 Å². The van der Waals surface area contributed by atoms with Crippen molar-refractivity contribution in [3.05, 3.63) is 65.4 Å². The van der Waals surface area contributed by atoms with E-state index in [1.165, 1.54) is 15.8 Å². The Morgan fingerprint density at radius 2 is 1.97 bits per heavy atom. The minimum absolute atomic E-state index is 0.0833. The number of ether oxygens (including phenoxy) is 1. The van der Waals surface area contributed by atoms with Gasteiger partial charge in [-0.15, -0.1) is 0 Å². The molecule has 0 aliphatic carbocycles. The molecule has 3 aromatic rings. The number of hydrogen-bond donors (Lipinski definition) is 1. The van der Waals surface area contributed by atoms with Crippen LogP contribution in [0.15, 0.2) is 48.5 Å². The molecule has 6 heteroatoms. The maximum Gasteiger partial charge on any atom is 0.247 e. The second-order valence-electron chi connectivity index (χ2n) is 7.74. The lowest BCUT2D eigenvalue weighted by Gasteiger charge is -2.30. The number of nitrogens with one attached hydrogen (secondary N) is 1. The Morgan fingerprint density at radius 3 is 2.76 bits per heavy atom. The van der Waals surface area contributed by atoms with Crippen molar-refractivity contribution in [3.63, 3.8) is 0 Å². The number of aromatic amines is 1. The van der Waals surface area contributed by atoms with E-state index in [9.17, 15) is 9.59 Å². The van der Waals surface area contributed by atoms with Gasteiger partial charge in [-0.2, -0.15) is 0 Å². The van der Waals surface area contributed by atoms with Gasteiger partial charge in [-0.05, 0) is 35.7 Å². The van der Waals surface area contributed by atoms with Gasteiger partial charge in [0.15, 0.2) is 0 Å². The topological polar surface area (TPSA) is 65.6 Å². The number of fused-ring (bicyclic) bond motifs is 3. The van der Waals surface area contributed by atoms with E-state index in [0.29, 0.717) is 13.1 Å². The Balaban J connectivity index is 1.36. The van der Waals surface area contributed by atoms with Crippen molar-refractivity contribution < 1.29 is 14.3 Å². The lowest BCUT2D eigenvalue weighted by molar-refractivity contribution is -0.140. The number of carbonyl (C=O) groups is 2. The fourth-order valence-electron chi connectivity index (χ4n) is 4.52. The molecule has 0 saturated carbocycles. The molecule has 1 N–H and O–H groups in total. The molecule has 2 amide bonds. The summed E-state index contributed by atoms with van der Waals surface area (Å²) in [7, 11) is 1.67. The van der Waals surface area contributed by atoms with Crippen molar-refractivity contribution in [2.75, 3.05) is 13.7 Å². The van der Waals surface area contributed by atoms with Crippen LogP contribution in [0.4, 0.5) is 0 Å². The van der Waals surface area contributed by atoms with Crippen molar-refractivity contribution in [3.8, 4) is 5.75 Å². The average Bonchev–Trinajstić information content (AvgIpc) is 3.25. The number of rotatable bonds is 4. The van der Waals surface area contributed by atoms with Gasteiger partial charge in [-0.3, -0.25) is 19.4 Å². The average molecular weight is 389 g/mol. The van der Waals surface area contributed by atoms with Gasteiger partial charge in [-0.1, -0.05) is 30.3 Å². The van der Waals surface area contributed by atoms with Gasteiger partial charge < -0.3 is 9.72 Å². The van der Waals surface area contributed by atoms with Crippen LogP contribution in [0.25, 0.3) is 10.9 Å². The molecule has 148 valence electrons. The zero-order chi connectivity index (χ0) is 20.0. The molecular weight excluding hydrogens is 366 g/mol.